The highest BCUT2D eigenvalue weighted by atomic mass is 15.3. The van der Waals surface area contributed by atoms with Gasteiger partial charge in [-0.3, -0.25) is 14.7 Å². The van der Waals surface area contributed by atoms with Gasteiger partial charge < -0.3 is 4.90 Å². The zero-order valence-corrected chi connectivity index (χ0v) is 32.3. The summed E-state index contributed by atoms with van der Waals surface area (Å²) in [5.74, 6) is 3.58. The van der Waals surface area contributed by atoms with Crippen molar-refractivity contribution in [2.24, 2.45) is 0 Å². The first-order valence-electron chi connectivity index (χ1n) is 20.4. The first-order chi connectivity index (χ1) is 29.8. The van der Waals surface area contributed by atoms with Crippen LogP contribution in [0.3, 0.4) is 0 Å². The van der Waals surface area contributed by atoms with Gasteiger partial charge in [-0.2, -0.15) is 0 Å². The van der Waals surface area contributed by atoms with Gasteiger partial charge in [0.2, 0.25) is 0 Å². The Morgan fingerprint density at radius 2 is 0.667 bits per heavy atom. The smallest absolute Gasteiger partial charge is 0.256 e. The molecule has 0 bridgehead atoms. The summed E-state index contributed by atoms with van der Waals surface area (Å²) in [6, 6.07) is 67.0. The highest BCUT2D eigenvalue weighted by Gasteiger charge is 2.49. The van der Waals surface area contributed by atoms with Gasteiger partial charge in [0.15, 0.2) is 0 Å². The first kappa shape index (κ1) is 33.1. The van der Waals surface area contributed by atoms with Crippen LogP contribution in [-0.2, 0) is 0 Å². The molecule has 9 aromatic rings. The van der Waals surface area contributed by atoms with E-state index in [0.717, 1.165) is 90.6 Å². The summed E-state index contributed by atoms with van der Waals surface area (Å²) < 4.78 is 0. The standard InChI is InChI=1S/C51H33B2N7/c1-5-17-34(18-6-1)57-42-27-15-13-25-38(42)52-41-33-40-48(56-49(41)60(37-23-11-4-12-24-37)51-46(52)44(57)29-31-55-51)59(36-21-9-3-10-22-36)45-30-32-54-50-47(45)53(40)39-26-14-16-28-43(39)58(50)35-19-7-2-8-20-35/h1-33H. The van der Waals surface area contributed by atoms with Crippen LogP contribution >= 0.6 is 0 Å². The molecule has 4 aliphatic rings. The van der Waals surface area contributed by atoms with E-state index >= 15 is 0 Å². The number of aromatic nitrogens is 3. The number of nitrogens with zero attached hydrogens (tertiary/aromatic N) is 7. The van der Waals surface area contributed by atoms with Crippen molar-refractivity contribution in [1.82, 2.24) is 15.0 Å². The fraction of sp³-hybridized carbons (Fsp3) is 0. The van der Waals surface area contributed by atoms with Crippen molar-refractivity contribution in [2.45, 2.75) is 0 Å². The zero-order chi connectivity index (χ0) is 39.3. The Morgan fingerprint density at radius 1 is 0.300 bits per heavy atom. The summed E-state index contributed by atoms with van der Waals surface area (Å²) in [5, 5.41) is 0. The lowest BCUT2D eigenvalue weighted by Gasteiger charge is -2.45. The van der Waals surface area contributed by atoms with Gasteiger partial charge in [0.05, 0.1) is 0 Å². The molecule has 0 saturated heterocycles. The largest absolute Gasteiger partial charge is 0.311 e. The predicted octanol–water partition coefficient (Wildman–Crippen LogP) is 8.04. The number of anilines is 12. The third-order valence-corrected chi connectivity index (χ3v) is 12.5. The second-order valence-electron chi connectivity index (χ2n) is 15.6. The summed E-state index contributed by atoms with van der Waals surface area (Å²) in [6.07, 6.45) is 3.90. The molecule has 0 fully saturated rings. The van der Waals surface area contributed by atoms with Gasteiger partial charge in [0.25, 0.3) is 13.4 Å². The van der Waals surface area contributed by atoms with E-state index in [-0.39, 0.29) is 13.4 Å². The Bertz CT molecular complexity index is 2940. The Labute approximate surface area is 348 Å². The lowest BCUT2D eigenvalue weighted by Crippen LogP contribution is -2.66. The summed E-state index contributed by atoms with van der Waals surface area (Å²) in [6.45, 7) is -0.264. The average molecular weight is 765 g/mol. The maximum atomic E-state index is 5.94. The molecule has 13 rings (SSSR count). The molecule has 6 aromatic carbocycles. The van der Waals surface area contributed by atoms with Crippen LogP contribution < -0.4 is 52.4 Å². The van der Waals surface area contributed by atoms with Gasteiger partial charge in [-0.1, -0.05) is 115 Å². The third kappa shape index (κ3) is 4.60. The third-order valence-electron chi connectivity index (χ3n) is 12.5. The molecule has 9 heteroatoms. The molecule has 3 aromatic heterocycles. The number of fused-ring (bicyclic) bond motifs is 8. The molecule has 0 amide bonds. The van der Waals surface area contributed by atoms with Crippen LogP contribution in [-0.4, -0.2) is 28.4 Å². The van der Waals surface area contributed by atoms with Gasteiger partial charge in [-0.25, -0.2) is 15.0 Å². The highest BCUT2D eigenvalue weighted by Crippen LogP contribution is 2.46. The molecule has 4 aliphatic heterocycles. The summed E-state index contributed by atoms with van der Waals surface area (Å²) in [5.41, 5.74) is 15.7. The SMILES string of the molecule is c1ccc(N2c3ccccc3B3c4cc5c(nc4N(c4ccccc4)c4nccc2c43)N(c2ccccc2)c2ccnc3c2B5c2ccccc2N3c2ccccc2)cc1. The normalized spacial score (nSPS) is 13.8. The summed E-state index contributed by atoms with van der Waals surface area (Å²) >= 11 is 0. The lowest BCUT2D eigenvalue weighted by atomic mass is 9.31. The maximum Gasteiger partial charge on any atom is 0.256 e. The van der Waals surface area contributed by atoms with Gasteiger partial charge >= 0.3 is 0 Å². The number of rotatable bonds is 4. The van der Waals surface area contributed by atoms with E-state index in [1.165, 1.54) is 10.9 Å². The van der Waals surface area contributed by atoms with Crippen LogP contribution in [0, 0.1) is 0 Å². The van der Waals surface area contributed by atoms with Crippen LogP contribution in [0.25, 0.3) is 0 Å². The second kappa shape index (κ2) is 12.8. The summed E-state index contributed by atoms with van der Waals surface area (Å²) in [4.78, 5) is 25.7. The second-order valence-corrected chi connectivity index (χ2v) is 15.6. The molecule has 60 heavy (non-hydrogen) atoms. The van der Waals surface area contributed by atoms with E-state index in [4.69, 9.17) is 15.0 Å². The molecule has 0 saturated carbocycles. The van der Waals surface area contributed by atoms with E-state index in [1.807, 2.05) is 12.4 Å². The van der Waals surface area contributed by atoms with Gasteiger partial charge in [0.1, 0.15) is 23.3 Å². The number of pyridine rings is 3. The first-order valence-corrected chi connectivity index (χ1v) is 20.4. The topological polar surface area (TPSA) is 51.6 Å². The van der Waals surface area contributed by atoms with Gasteiger partial charge in [-0.05, 0) is 106 Å². The molecule has 278 valence electrons. The number of hydrogen-bond acceptors (Lipinski definition) is 7. The fourth-order valence-electron chi connectivity index (χ4n) is 10.2. The molecule has 0 spiro atoms. The molecule has 0 radical (unpaired) electrons. The molecule has 7 heterocycles. The van der Waals surface area contributed by atoms with Crippen molar-refractivity contribution in [3.63, 3.8) is 0 Å². The van der Waals surface area contributed by atoms with Crippen molar-refractivity contribution < 1.29 is 0 Å². The Balaban J connectivity index is 1.14. The predicted molar refractivity (Wildman–Crippen MR) is 248 cm³/mol. The highest BCUT2D eigenvalue weighted by molar-refractivity contribution is 7.03. The van der Waals surface area contributed by atoms with Gasteiger partial charge in [0, 0.05) is 57.9 Å². The lowest BCUT2D eigenvalue weighted by molar-refractivity contribution is 1.10. The van der Waals surface area contributed by atoms with Crippen molar-refractivity contribution in [3.05, 3.63) is 200 Å². The molecule has 7 nitrogen and oxygen atoms in total. The van der Waals surface area contributed by atoms with Gasteiger partial charge in [-0.15, -0.1) is 0 Å². The van der Waals surface area contributed by atoms with Crippen LogP contribution in [0.15, 0.2) is 200 Å². The van der Waals surface area contributed by atoms with Crippen LogP contribution in [0.1, 0.15) is 0 Å². The zero-order valence-electron chi connectivity index (χ0n) is 32.3. The monoisotopic (exact) mass is 765 g/mol. The Kier molecular flexibility index (Phi) is 7.06. The molecule has 0 N–H and O–H groups in total. The Morgan fingerprint density at radius 3 is 1.18 bits per heavy atom. The fourth-order valence-corrected chi connectivity index (χ4v) is 10.2. The minimum Gasteiger partial charge on any atom is -0.311 e. The quantitative estimate of drug-likeness (QED) is 0.168. The van der Waals surface area contributed by atoms with Crippen molar-refractivity contribution in [2.75, 3.05) is 19.6 Å². The van der Waals surface area contributed by atoms with E-state index in [2.05, 4.69) is 208 Å². The average Bonchev–Trinajstić information content (AvgIpc) is 3.32. The van der Waals surface area contributed by atoms with Crippen molar-refractivity contribution >= 4 is 115 Å². The molecular weight excluding hydrogens is 732 g/mol. The van der Waals surface area contributed by atoms with Crippen LogP contribution in [0.5, 0.6) is 0 Å². The van der Waals surface area contributed by atoms with Crippen molar-refractivity contribution in [1.29, 1.82) is 0 Å². The molecule has 0 aliphatic carbocycles. The van der Waals surface area contributed by atoms with E-state index < -0.39 is 0 Å². The molecule has 0 atom stereocenters. The van der Waals surface area contributed by atoms with E-state index in [0.29, 0.717) is 0 Å². The molecular formula is C51H33B2N7. The van der Waals surface area contributed by atoms with Crippen LogP contribution in [0.2, 0.25) is 0 Å². The maximum absolute atomic E-state index is 5.94. The minimum atomic E-state index is -0.132. The number of hydrogen-bond donors (Lipinski definition) is 0. The van der Waals surface area contributed by atoms with Crippen LogP contribution in [0.4, 0.5) is 68.8 Å². The Hall–Kier alpha value is -7.90. The van der Waals surface area contributed by atoms with E-state index in [1.54, 1.807) is 0 Å². The number of benzene rings is 6. The number of para-hydroxylation sites is 6. The van der Waals surface area contributed by atoms with Crippen molar-refractivity contribution in [3.8, 4) is 0 Å². The summed E-state index contributed by atoms with van der Waals surface area (Å²) in [7, 11) is 0. The minimum absolute atomic E-state index is 0.132. The van der Waals surface area contributed by atoms with E-state index in [9.17, 15) is 0 Å². The molecule has 0 unspecified atom stereocenters.